The molecule has 7 rings (SSSR count). The van der Waals surface area contributed by atoms with Gasteiger partial charge in [0.15, 0.2) is 0 Å². The van der Waals surface area contributed by atoms with Crippen molar-refractivity contribution in [2.24, 2.45) is 11.8 Å². The van der Waals surface area contributed by atoms with E-state index in [0.717, 1.165) is 68.9 Å². The minimum atomic E-state index is -3.87. The van der Waals surface area contributed by atoms with Crippen LogP contribution < -0.4 is 15.4 Å². The van der Waals surface area contributed by atoms with E-state index in [4.69, 9.17) is 9.47 Å². The number of benzene rings is 1. The third kappa shape index (κ3) is 8.65. The van der Waals surface area contributed by atoms with Crippen molar-refractivity contribution in [2.45, 2.75) is 152 Å². The molecule has 0 unspecified atom stereocenters. The Bertz CT molecular complexity index is 1730. The van der Waals surface area contributed by atoms with Gasteiger partial charge in [-0.15, -0.1) is 0 Å². The first-order valence-electron chi connectivity index (χ1n) is 20.1. The number of nitrogens with one attached hydrogen (secondary N) is 3. The second-order valence-corrected chi connectivity index (χ2v) is 18.5. The van der Waals surface area contributed by atoms with Crippen molar-refractivity contribution in [1.82, 2.24) is 25.2 Å². The molecule has 1 aromatic carbocycles. The number of alkyl carbamates (subject to hydrolysis) is 1. The zero-order valence-electron chi connectivity index (χ0n) is 31.3. The number of cyclic esters (lactones) is 1. The van der Waals surface area contributed by atoms with Crippen LogP contribution in [0.15, 0.2) is 18.2 Å². The fourth-order valence-electron chi connectivity index (χ4n) is 8.80. The van der Waals surface area contributed by atoms with Gasteiger partial charge >= 0.3 is 12.2 Å². The van der Waals surface area contributed by atoms with E-state index < -0.39 is 68.9 Å². The highest BCUT2D eigenvalue weighted by molar-refractivity contribution is 7.91. The highest BCUT2D eigenvalue weighted by Crippen LogP contribution is 2.48. The number of hydrogen-bond acceptors (Lipinski definition) is 9. The summed E-state index contributed by atoms with van der Waals surface area (Å²) in [5.41, 5.74) is 2.00. The van der Waals surface area contributed by atoms with E-state index in [1.54, 1.807) is 4.90 Å². The molecule has 5 amide bonds. The van der Waals surface area contributed by atoms with Gasteiger partial charge in [0.1, 0.15) is 23.7 Å². The highest BCUT2D eigenvalue weighted by Gasteiger charge is 2.62. The smallest absolute Gasteiger partial charge is 0.410 e. The van der Waals surface area contributed by atoms with Gasteiger partial charge in [0.2, 0.25) is 21.8 Å². The maximum atomic E-state index is 14.4. The van der Waals surface area contributed by atoms with Crippen molar-refractivity contribution in [3.8, 4) is 0 Å². The maximum Gasteiger partial charge on any atom is 0.410 e. The quantitative estimate of drug-likeness (QED) is 0.407. The molecule has 2 saturated heterocycles. The lowest BCUT2D eigenvalue weighted by atomic mass is 9.97. The zero-order chi connectivity index (χ0) is 38.0. The summed E-state index contributed by atoms with van der Waals surface area (Å²) in [4.78, 5) is 72.3. The molecule has 6 aliphatic rings. The number of aryl methyl sites for hydroxylation is 1. The standard InChI is InChI=1S/C39H55N5O9S/c1-25-11-6-5-7-12-26-13-10-14-27-21-43(23-31(26)27)38(49)53-29-19-33-34(45)41-39(36(47)42-54(50,51)30-17-18-30)20-28(39)15-8-3-2-4-9-16-32(35(46)44(33)22-29)40-37(48)52-24-25/h10,13-14,25,28-30,32-33H,2-9,11-12,15-24H2,1H3,(H,40,48)(H,41,45)(H,42,47)/t25-,28+,29-,32+,33+,39-/m1/s1. The number of ether oxygens (including phenoxy) is 2. The van der Waals surface area contributed by atoms with Gasteiger partial charge in [-0.1, -0.05) is 70.1 Å². The summed E-state index contributed by atoms with van der Waals surface area (Å²) in [5.74, 6) is -2.00. The molecule has 6 atom stereocenters. The first-order chi connectivity index (χ1) is 25.9. The molecule has 4 aliphatic heterocycles. The number of sulfonamides is 1. The molecule has 296 valence electrons. The summed E-state index contributed by atoms with van der Waals surface area (Å²) in [7, 11) is -3.87. The minimum Gasteiger partial charge on any atom is -0.449 e. The molecule has 3 N–H and O–H groups in total. The van der Waals surface area contributed by atoms with Crippen molar-refractivity contribution < 1.29 is 41.9 Å². The Morgan fingerprint density at radius 3 is 2.43 bits per heavy atom. The highest BCUT2D eigenvalue weighted by atomic mass is 32.2. The van der Waals surface area contributed by atoms with Crippen molar-refractivity contribution in [3.05, 3.63) is 34.9 Å². The van der Waals surface area contributed by atoms with Gasteiger partial charge < -0.3 is 25.0 Å². The van der Waals surface area contributed by atoms with Gasteiger partial charge in [0.25, 0.3) is 5.91 Å². The lowest BCUT2D eigenvalue weighted by Gasteiger charge is -2.30. The number of nitrogens with zero attached hydrogens (tertiary/aromatic N) is 2. The fourth-order valence-corrected chi connectivity index (χ4v) is 10.2. The minimum absolute atomic E-state index is 0.0211. The topological polar surface area (TPSA) is 181 Å². The van der Waals surface area contributed by atoms with Crippen LogP contribution in [-0.4, -0.2) is 90.3 Å². The Kier molecular flexibility index (Phi) is 11.4. The van der Waals surface area contributed by atoms with Crippen LogP contribution in [0.5, 0.6) is 0 Å². The van der Waals surface area contributed by atoms with Crippen LogP contribution >= 0.6 is 0 Å². The molecule has 2 saturated carbocycles. The number of carbonyl (C=O) groups excluding carboxylic acids is 5. The van der Waals surface area contributed by atoms with Crippen LogP contribution in [0, 0.1) is 11.8 Å². The average molecular weight is 770 g/mol. The summed E-state index contributed by atoms with van der Waals surface area (Å²) < 4.78 is 39.5. The summed E-state index contributed by atoms with van der Waals surface area (Å²) >= 11 is 0. The molecule has 0 radical (unpaired) electrons. The van der Waals surface area contributed by atoms with Gasteiger partial charge in [-0.25, -0.2) is 18.0 Å². The van der Waals surface area contributed by atoms with Gasteiger partial charge in [0.05, 0.1) is 18.4 Å². The van der Waals surface area contributed by atoms with Crippen LogP contribution in [0.25, 0.3) is 0 Å². The van der Waals surface area contributed by atoms with E-state index in [2.05, 4.69) is 21.4 Å². The van der Waals surface area contributed by atoms with Crippen LogP contribution in [0.4, 0.5) is 9.59 Å². The predicted molar refractivity (Wildman–Crippen MR) is 197 cm³/mol. The number of amides is 5. The lowest BCUT2D eigenvalue weighted by Crippen LogP contribution is -2.58. The molecule has 0 aromatic heterocycles. The van der Waals surface area contributed by atoms with Crippen molar-refractivity contribution in [3.63, 3.8) is 0 Å². The zero-order valence-corrected chi connectivity index (χ0v) is 32.1. The monoisotopic (exact) mass is 769 g/mol. The van der Waals surface area contributed by atoms with Crippen molar-refractivity contribution >= 4 is 39.9 Å². The summed E-state index contributed by atoms with van der Waals surface area (Å²) in [6.07, 6.45) is 8.94. The van der Waals surface area contributed by atoms with E-state index in [-0.39, 0.29) is 37.8 Å². The molecule has 54 heavy (non-hydrogen) atoms. The molecule has 5 bridgehead atoms. The number of rotatable bonds is 3. The number of hydrogen-bond donors (Lipinski definition) is 3. The van der Waals surface area contributed by atoms with Crippen LogP contribution in [0.3, 0.4) is 0 Å². The molecule has 14 nitrogen and oxygen atoms in total. The Labute approximate surface area is 317 Å². The lowest BCUT2D eigenvalue weighted by molar-refractivity contribution is -0.141. The maximum absolute atomic E-state index is 14.4. The van der Waals surface area contributed by atoms with Crippen molar-refractivity contribution in [2.75, 3.05) is 13.2 Å². The largest absolute Gasteiger partial charge is 0.449 e. The van der Waals surface area contributed by atoms with Crippen LogP contribution in [-0.2, 0) is 53.4 Å². The molecule has 2 aliphatic carbocycles. The second kappa shape index (κ2) is 16.1. The number of carbonyl (C=O) groups is 5. The first-order valence-corrected chi connectivity index (χ1v) is 21.6. The number of fused-ring (bicyclic) bond motifs is 4. The van der Waals surface area contributed by atoms with E-state index >= 15 is 0 Å². The Morgan fingerprint density at radius 2 is 1.63 bits per heavy atom. The first kappa shape index (κ1) is 38.4. The molecule has 4 heterocycles. The normalized spacial score (nSPS) is 31.8. The summed E-state index contributed by atoms with van der Waals surface area (Å²) in [5, 5.41) is 5.07. The average Bonchev–Trinajstić information content (AvgIpc) is 4.02. The van der Waals surface area contributed by atoms with E-state index in [0.29, 0.717) is 45.2 Å². The molecule has 15 heteroatoms. The van der Waals surface area contributed by atoms with E-state index in [1.807, 2.05) is 19.1 Å². The Hall–Kier alpha value is -3.88. The Balaban J connectivity index is 1.16. The van der Waals surface area contributed by atoms with Gasteiger partial charge in [-0.05, 0) is 79.9 Å². The summed E-state index contributed by atoms with van der Waals surface area (Å²) in [6, 6.07) is 4.04. The molecular weight excluding hydrogens is 715 g/mol. The third-order valence-electron chi connectivity index (χ3n) is 12.3. The molecule has 1 aromatic rings. The predicted octanol–water partition coefficient (Wildman–Crippen LogP) is 4.18. The van der Waals surface area contributed by atoms with Gasteiger partial charge in [-0.3, -0.25) is 24.0 Å². The van der Waals surface area contributed by atoms with Crippen molar-refractivity contribution in [1.29, 1.82) is 0 Å². The molecular formula is C39H55N5O9S. The van der Waals surface area contributed by atoms with Crippen LogP contribution in [0.1, 0.15) is 120 Å². The molecule has 4 fully saturated rings. The van der Waals surface area contributed by atoms with E-state index in [1.165, 1.54) is 10.5 Å². The second-order valence-electron chi connectivity index (χ2n) is 16.5. The fraction of sp³-hybridized carbons (Fsp3) is 0.718. The Morgan fingerprint density at radius 1 is 0.907 bits per heavy atom. The SMILES string of the molecule is C[C@@H]1CCCCCc2cccc3c2CN(C3)C(=O)O[C@@H]2C[C@H]3C(=O)N[C@]4(C(=O)NS(=O)(=O)C5CC5)C[C@@H]4CCCCCCC[C@H](NC(=O)OC1)C(=O)N3C2. The van der Waals surface area contributed by atoms with E-state index in [9.17, 15) is 32.4 Å². The van der Waals surface area contributed by atoms with Crippen LogP contribution in [0.2, 0.25) is 0 Å². The molecule has 0 spiro atoms. The third-order valence-corrected chi connectivity index (χ3v) is 14.1. The van der Waals surface area contributed by atoms with Gasteiger partial charge in [0, 0.05) is 19.5 Å². The summed E-state index contributed by atoms with van der Waals surface area (Å²) in [6.45, 7) is 2.98. The van der Waals surface area contributed by atoms with Gasteiger partial charge in [-0.2, -0.15) is 0 Å².